The van der Waals surface area contributed by atoms with Crippen LogP contribution in [0.4, 0.5) is 0 Å². The van der Waals surface area contributed by atoms with Gasteiger partial charge in [-0.15, -0.1) is 0 Å². The summed E-state index contributed by atoms with van der Waals surface area (Å²) in [6.07, 6.45) is 1.32. The third-order valence-electron chi connectivity index (χ3n) is 1.90. The lowest BCUT2D eigenvalue weighted by atomic mass is 10.1. The second kappa shape index (κ2) is 4.84. The summed E-state index contributed by atoms with van der Waals surface area (Å²) in [5, 5.41) is 18.0. The molecule has 0 radical (unpaired) electrons. The van der Waals surface area contributed by atoms with Crippen molar-refractivity contribution >= 4 is 12.0 Å². The first kappa shape index (κ1) is 11.6. The Kier molecular flexibility index (Phi) is 3.51. The minimum absolute atomic E-state index is 0.0165. The van der Waals surface area contributed by atoms with Gasteiger partial charge < -0.3 is 15.6 Å². The Bertz CT molecular complexity index is 486. The van der Waals surface area contributed by atoms with Crippen LogP contribution in [0.2, 0.25) is 0 Å². The molecule has 1 rings (SSSR count). The van der Waals surface area contributed by atoms with Gasteiger partial charge in [0.2, 0.25) is 0 Å². The molecule has 5 heteroatoms. The van der Waals surface area contributed by atoms with Crippen molar-refractivity contribution in [2.45, 2.75) is 0 Å². The van der Waals surface area contributed by atoms with Gasteiger partial charge in [0.15, 0.2) is 11.5 Å². The van der Waals surface area contributed by atoms with E-state index in [-0.39, 0.29) is 17.1 Å². The van der Waals surface area contributed by atoms with Crippen molar-refractivity contribution in [1.82, 2.24) is 0 Å². The molecule has 16 heavy (non-hydrogen) atoms. The number of rotatable bonds is 3. The molecular formula is C11H10N2O3. The first-order chi connectivity index (χ1) is 7.58. The van der Waals surface area contributed by atoms with Crippen molar-refractivity contribution in [3.63, 3.8) is 0 Å². The molecule has 3 N–H and O–H groups in total. The number of hydrogen-bond donors (Lipinski definition) is 2. The van der Waals surface area contributed by atoms with Crippen LogP contribution in [-0.2, 0) is 4.79 Å². The average Bonchev–Trinajstić information content (AvgIpc) is 2.27. The minimum atomic E-state index is -0.797. The van der Waals surface area contributed by atoms with Crippen LogP contribution in [-0.4, -0.2) is 18.1 Å². The summed E-state index contributed by atoms with van der Waals surface area (Å²) in [6, 6.07) is 6.12. The summed E-state index contributed by atoms with van der Waals surface area (Å²) < 4.78 is 4.88. The predicted octanol–water partition coefficient (Wildman–Crippen LogP) is 0.793. The van der Waals surface area contributed by atoms with Crippen LogP contribution in [0.5, 0.6) is 11.5 Å². The molecule has 5 nitrogen and oxygen atoms in total. The number of methoxy groups -OCH3 is 1. The van der Waals surface area contributed by atoms with E-state index in [0.717, 1.165) is 0 Å². The quantitative estimate of drug-likeness (QED) is 0.579. The van der Waals surface area contributed by atoms with Crippen LogP contribution in [0.15, 0.2) is 23.8 Å². The number of ether oxygens (including phenoxy) is 1. The van der Waals surface area contributed by atoms with Crippen LogP contribution < -0.4 is 10.5 Å². The van der Waals surface area contributed by atoms with Crippen LogP contribution in [0, 0.1) is 11.3 Å². The van der Waals surface area contributed by atoms with Crippen LogP contribution in [0.25, 0.3) is 6.08 Å². The number of nitriles is 1. The van der Waals surface area contributed by atoms with Gasteiger partial charge in [0.25, 0.3) is 5.91 Å². The maximum atomic E-state index is 10.8. The summed E-state index contributed by atoms with van der Waals surface area (Å²) in [5.41, 5.74) is 5.37. The topological polar surface area (TPSA) is 96.3 Å². The number of carbonyl (C=O) groups excluding carboxylic acids is 1. The molecule has 0 aromatic heterocycles. The standard InChI is InChI=1S/C11H10N2O3/c1-16-10-5-7(2-3-9(10)14)4-8(6-12)11(13)15/h2-5,14H,1H3,(H2,13,15)/b8-4+. The van der Waals surface area contributed by atoms with Gasteiger partial charge in [0, 0.05) is 0 Å². The van der Waals surface area contributed by atoms with Gasteiger partial charge in [0.1, 0.15) is 11.6 Å². The Morgan fingerprint density at radius 3 is 2.81 bits per heavy atom. The first-order valence-corrected chi connectivity index (χ1v) is 4.37. The summed E-state index contributed by atoms with van der Waals surface area (Å²) in [6.45, 7) is 0. The molecule has 0 aliphatic rings. The van der Waals surface area contributed by atoms with E-state index >= 15 is 0 Å². The van der Waals surface area contributed by atoms with E-state index in [0.29, 0.717) is 5.56 Å². The molecule has 1 amide bonds. The highest BCUT2D eigenvalue weighted by Crippen LogP contribution is 2.27. The lowest BCUT2D eigenvalue weighted by molar-refractivity contribution is -0.114. The van der Waals surface area contributed by atoms with E-state index in [9.17, 15) is 9.90 Å². The van der Waals surface area contributed by atoms with E-state index < -0.39 is 5.91 Å². The minimum Gasteiger partial charge on any atom is -0.504 e. The Balaban J connectivity index is 3.16. The van der Waals surface area contributed by atoms with Gasteiger partial charge in [-0.05, 0) is 23.8 Å². The average molecular weight is 218 g/mol. The fourth-order valence-corrected chi connectivity index (χ4v) is 1.11. The molecule has 1 aromatic carbocycles. The Morgan fingerprint density at radius 1 is 1.62 bits per heavy atom. The molecule has 0 bridgehead atoms. The molecule has 0 saturated heterocycles. The van der Waals surface area contributed by atoms with E-state index in [1.807, 2.05) is 0 Å². The zero-order valence-electron chi connectivity index (χ0n) is 8.60. The van der Waals surface area contributed by atoms with Crippen molar-refractivity contribution in [1.29, 1.82) is 5.26 Å². The highest BCUT2D eigenvalue weighted by atomic mass is 16.5. The number of benzene rings is 1. The maximum Gasteiger partial charge on any atom is 0.259 e. The lowest BCUT2D eigenvalue weighted by Crippen LogP contribution is -2.12. The molecule has 0 aliphatic heterocycles. The number of phenols is 1. The number of phenolic OH excluding ortho intramolecular Hbond substituents is 1. The number of nitrogens with zero attached hydrogens (tertiary/aromatic N) is 1. The molecule has 0 fully saturated rings. The molecule has 82 valence electrons. The number of aromatic hydroxyl groups is 1. The van der Waals surface area contributed by atoms with E-state index in [2.05, 4.69) is 0 Å². The smallest absolute Gasteiger partial charge is 0.259 e. The van der Waals surface area contributed by atoms with Crippen LogP contribution in [0.3, 0.4) is 0 Å². The van der Waals surface area contributed by atoms with Crippen molar-refractivity contribution in [2.75, 3.05) is 7.11 Å². The second-order valence-corrected chi connectivity index (χ2v) is 2.97. The van der Waals surface area contributed by atoms with Crippen molar-refractivity contribution < 1.29 is 14.6 Å². The number of nitrogens with two attached hydrogens (primary N) is 1. The zero-order chi connectivity index (χ0) is 12.1. The second-order valence-electron chi connectivity index (χ2n) is 2.97. The maximum absolute atomic E-state index is 10.8. The van der Waals surface area contributed by atoms with Gasteiger partial charge in [-0.3, -0.25) is 4.79 Å². The lowest BCUT2D eigenvalue weighted by Gasteiger charge is -2.03. The van der Waals surface area contributed by atoms with Crippen molar-refractivity contribution in [3.8, 4) is 17.6 Å². The molecular weight excluding hydrogens is 208 g/mol. The summed E-state index contributed by atoms with van der Waals surface area (Å²) in [7, 11) is 1.40. The van der Waals surface area contributed by atoms with Crippen LogP contribution >= 0.6 is 0 Å². The number of primary amides is 1. The van der Waals surface area contributed by atoms with Crippen molar-refractivity contribution in [3.05, 3.63) is 29.3 Å². The van der Waals surface area contributed by atoms with Gasteiger partial charge in [0.05, 0.1) is 7.11 Å². The van der Waals surface area contributed by atoms with Gasteiger partial charge in [-0.1, -0.05) is 6.07 Å². The number of carbonyl (C=O) groups is 1. The number of amides is 1. The zero-order valence-corrected chi connectivity index (χ0v) is 8.60. The van der Waals surface area contributed by atoms with Crippen molar-refractivity contribution in [2.24, 2.45) is 5.73 Å². The molecule has 1 aromatic rings. The molecule has 0 heterocycles. The van der Waals surface area contributed by atoms with Gasteiger partial charge in [-0.25, -0.2) is 0 Å². The highest BCUT2D eigenvalue weighted by Gasteiger charge is 2.05. The van der Waals surface area contributed by atoms with Gasteiger partial charge in [-0.2, -0.15) is 5.26 Å². The largest absolute Gasteiger partial charge is 0.504 e. The summed E-state index contributed by atoms with van der Waals surface area (Å²) >= 11 is 0. The molecule has 0 aliphatic carbocycles. The fourth-order valence-electron chi connectivity index (χ4n) is 1.11. The monoisotopic (exact) mass is 218 g/mol. The molecule has 0 atom stereocenters. The summed E-state index contributed by atoms with van der Waals surface area (Å²) in [4.78, 5) is 10.8. The highest BCUT2D eigenvalue weighted by molar-refractivity contribution is 6.00. The normalized spacial score (nSPS) is 10.6. The SMILES string of the molecule is COc1cc(/C=C(\C#N)C(N)=O)ccc1O. The predicted molar refractivity (Wildman–Crippen MR) is 57.4 cm³/mol. The number of hydrogen-bond acceptors (Lipinski definition) is 4. The Labute approximate surface area is 92.4 Å². The summed E-state index contributed by atoms with van der Waals surface area (Å²) in [5.74, 6) is -0.553. The fraction of sp³-hybridized carbons (Fsp3) is 0.0909. The van der Waals surface area contributed by atoms with E-state index in [1.54, 1.807) is 6.07 Å². The van der Waals surface area contributed by atoms with Gasteiger partial charge >= 0.3 is 0 Å². The van der Waals surface area contributed by atoms with Crippen LogP contribution in [0.1, 0.15) is 5.56 Å². The Morgan fingerprint density at radius 2 is 2.31 bits per heavy atom. The van der Waals surface area contributed by atoms with E-state index in [4.69, 9.17) is 15.7 Å². The third kappa shape index (κ3) is 2.51. The molecule has 0 unspecified atom stereocenters. The molecule has 0 spiro atoms. The Hall–Kier alpha value is -2.48. The van der Waals surface area contributed by atoms with E-state index in [1.165, 1.54) is 31.4 Å². The third-order valence-corrected chi connectivity index (χ3v) is 1.90. The molecule has 0 saturated carbocycles. The first-order valence-electron chi connectivity index (χ1n) is 4.37.